The van der Waals surface area contributed by atoms with Crippen molar-refractivity contribution < 1.29 is 4.74 Å². The standard InChI is InChI=1S/C16H25Cl2N5O/c1-22-6-3-12(4-7-22)19-15-13(2-5-17)14(18)20-16(21-15)23-8-10-24-11-9-23/h12H,2-11H2,1H3,(H,19,20,21). The van der Waals surface area contributed by atoms with Crippen LogP contribution in [0.5, 0.6) is 0 Å². The molecule has 6 nitrogen and oxygen atoms in total. The molecule has 0 aliphatic carbocycles. The second-order valence-electron chi connectivity index (χ2n) is 6.40. The van der Waals surface area contributed by atoms with Crippen molar-refractivity contribution in [1.29, 1.82) is 0 Å². The lowest BCUT2D eigenvalue weighted by Crippen LogP contribution is -2.38. The van der Waals surface area contributed by atoms with E-state index in [1.165, 1.54) is 0 Å². The monoisotopic (exact) mass is 373 g/mol. The number of alkyl halides is 1. The van der Waals surface area contributed by atoms with Gasteiger partial charge in [0.2, 0.25) is 5.95 Å². The van der Waals surface area contributed by atoms with Crippen molar-refractivity contribution in [2.75, 3.05) is 62.5 Å². The summed E-state index contributed by atoms with van der Waals surface area (Å²) in [6.07, 6.45) is 2.87. The average molecular weight is 374 g/mol. The lowest BCUT2D eigenvalue weighted by molar-refractivity contribution is 0.122. The van der Waals surface area contributed by atoms with Crippen LogP contribution >= 0.6 is 23.2 Å². The van der Waals surface area contributed by atoms with E-state index in [4.69, 9.17) is 32.9 Å². The highest BCUT2D eigenvalue weighted by Gasteiger charge is 2.22. The minimum atomic E-state index is 0.416. The number of likely N-dealkylation sites (tertiary alicyclic amines) is 1. The van der Waals surface area contributed by atoms with Gasteiger partial charge in [-0.25, -0.2) is 4.98 Å². The van der Waals surface area contributed by atoms with Gasteiger partial charge in [0, 0.05) is 30.6 Å². The van der Waals surface area contributed by atoms with Gasteiger partial charge in [0.15, 0.2) is 0 Å². The summed E-state index contributed by atoms with van der Waals surface area (Å²) in [5, 5.41) is 4.10. The van der Waals surface area contributed by atoms with Gasteiger partial charge in [-0.1, -0.05) is 11.6 Å². The summed E-state index contributed by atoms with van der Waals surface area (Å²) in [7, 11) is 2.16. The van der Waals surface area contributed by atoms with Crippen molar-refractivity contribution >= 4 is 35.0 Å². The Kier molecular flexibility index (Phi) is 6.38. The molecule has 0 bridgehead atoms. The van der Waals surface area contributed by atoms with Crippen LogP contribution in [0, 0.1) is 0 Å². The van der Waals surface area contributed by atoms with Gasteiger partial charge in [-0.05, 0) is 39.4 Å². The molecule has 2 fully saturated rings. The lowest BCUT2D eigenvalue weighted by Gasteiger charge is -2.31. The molecule has 0 amide bonds. The summed E-state index contributed by atoms with van der Waals surface area (Å²) < 4.78 is 5.41. The Morgan fingerprint density at radius 1 is 1.17 bits per heavy atom. The third-order valence-corrected chi connectivity index (χ3v) is 5.14. The molecule has 0 saturated carbocycles. The molecule has 0 radical (unpaired) electrons. The lowest BCUT2D eigenvalue weighted by atomic mass is 10.1. The zero-order valence-electron chi connectivity index (χ0n) is 14.1. The Morgan fingerprint density at radius 2 is 1.88 bits per heavy atom. The average Bonchev–Trinajstić information content (AvgIpc) is 2.60. The summed E-state index contributed by atoms with van der Waals surface area (Å²) in [5.41, 5.74) is 0.919. The number of hydrogen-bond donors (Lipinski definition) is 1. The van der Waals surface area contributed by atoms with Gasteiger partial charge in [-0.3, -0.25) is 0 Å². The van der Waals surface area contributed by atoms with Crippen LogP contribution in [0.15, 0.2) is 0 Å². The molecule has 1 N–H and O–H groups in total. The fourth-order valence-corrected chi connectivity index (χ4v) is 3.58. The minimum absolute atomic E-state index is 0.416. The summed E-state index contributed by atoms with van der Waals surface area (Å²) in [6, 6.07) is 0.416. The molecule has 0 spiro atoms. The number of anilines is 2. The van der Waals surface area contributed by atoms with Gasteiger partial charge in [0.05, 0.1) is 13.2 Å². The van der Waals surface area contributed by atoms with E-state index in [2.05, 4.69) is 27.1 Å². The highest BCUT2D eigenvalue weighted by Crippen LogP contribution is 2.27. The fraction of sp³-hybridized carbons (Fsp3) is 0.750. The molecule has 0 aromatic carbocycles. The first-order chi connectivity index (χ1) is 11.7. The Hall–Kier alpha value is -0.820. The summed E-state index contributed by atoms with van der Waals surface area (Å²) >= 11 is 12.4. The number of ether oxygens (including phenoxy) is 1. The first-order valence-electron chi connectivity index (χ1n) is 8.57. The third-order valence-electron chi connectivity index (χ3n) is 4.64. The van der Waals surface area contributed by atoms with Crippen LogP contribution in [0.3, 0.4) is 0 Å². The number of rotatable bonds is 5. The third kappa shape index (κ3) is 4.42. The largest absolute Gasteiger partial charge is 0.378 e. The normalized spacial score (nSPS) is 20.4. The Bertz CT molecular complexity index is 546. The smallest absolute Gasteiger partial charge is 0.228 e. The van der Waals surface area contributed by atoms with Crippen LogP contribution in [-0.2, 0) is 11.2 Å². The molecule has 3 heterocycles. The van der Waals surface area contributed by atoms with Crippen LogP contribution in [0.2, 0.25) is 5.15 Å². The van der Waals surface area contributed by atoms with E-state index < -0.39 is 0 Å². The van der Waals surface area contributed by atoms with E-state index in [1.54, 1.807) is 0 Å². The summed E-state index contributed by atoms with van der Waals surface area (Å²) in [6.45, 7) is 5.16. The SMILES string of the molecule is CN1CCC(Nc2nc(N3CCOCC3)nc(Cl)c2CCCl)CC1. The van der Waals surface area contributed by atoms with Crippen LogP contribution in [0.1, 0.15) is 18.4 Å². The number of morpholine rings is 1. The highest BCUT2D eigenvalue weighted by molar-refractivity contribution is 6.30. The Balaban J connectivity index is 1.81. The second-order valence-corrected chi connectivity index (χ2v) is 7.14. The quantitative estimate of drug-likeness (QED) is 0.630. The van der Waals surface area contributed by atoms with Crippen molar-refractivity contribution in [2.24, 2.45) is 0 Å². The molecular weight excluding hydrogens is 349 g/mol. The Labute approximate surface area is 153 Å². The maximum Gasteiger partial charge on any atom is 0.228 e. The zero-order chi connectivity index (χ0) is 16.9. The molecule has 1 aromatic rings. The molecule has 8 heteroatoms. The molecule has 0 atom stereocenters. The van der Waals surface area contributed by atoms with E-state index in [-0.39, 0.29) is 0 Å². The van der Waals surface area contributed by atoms with E-state index in [9.17, 15) is 0 Å². The first-order valence-corrected chi connectivity index (χ1v) is 9.48. The molecule has 3 rings (SSSR count). The van der Waals surface area contributed by atoms with Gasteiger partial charge in [-0.15, -0.1) is 11.6 Å². The van der Waals surface area contributed by atoms with E-state index in [1.807, 2.05) is 0 Å². The van der Waals surface area contributed by atoms with E-state index in [0.717, 1.165) is 50.4 Å². The van der Waals surface area contributed by atoms with Crippen LogP contribution in [-0.4, -0.2) is 73.2 Å². The predicted molar refractivity (Wildman–Crippen MR) is 98.6 cm³/mol. The van der Waals surface area contributed by atoms with Crippen molar-refractivity contribution in [1.82, 2.24) is 14.9 Å². The second kappa shape index (κ2) is 8.52. The van der Waals surface area contributed by atoms with Gasteiger partial charge in [-0.2, -0.15) is 4.98 Å². The van der Waals surface area contributed by atoms with Crippen LogP contribution in [0.25, 0.3) is 0 Å². The van der Waals surface area contributed by atoms with Crippen molar-refractivity contribution in [3.05, 3.63) is 10.7 Å². The first kappa shape index (κ1) is 18.0. The van der Waals surface area contributed by atoms with E-state index >= 15 is 0 Å². The van der Waals surface area contributed by atoms with Gasteiger partial charge >= 0.3 is 0 Å². The highest BCUT2D eigenvalue weighted by atomic mass is 35.5. The molecular formula is C16H25Cl2N5O. The molecule has 134 valence electrons. The van der Waals surface area contributed by atoms with Gasteiger partial charge in [0.1, 0.15) is 11.0 Å². The van der Waals surface area contributed by atoms with E-state index in [0.29, 0.717) is 42.7 Å². The molecule has 24 heavy (non-hydrogen) atoms. The molecule has 2 aliphatic heterocycles. The molecule has 2 saturated heterocycles. The molecule has 1 aromatic heterocycles. The topological polar surface area (TPSA) is 53.5 Å². The zero-order valence-corrected chi connectivity index (χ0v) is 15.6. The number of nitrogens with one attached hydrogen (secondary N) is 1. The summed E-state index contributed by atoms with van der Waals surface area (Å²) in [4.78, 5) is 13.8. The number of halogens is 2. The number of nitrogens with zero attached hydrogens (tertiary/aromatic N) is 4. The minimum Gasteiger partial charge on any atom is -0.378 e. The van der Waals surface area contributed by atoms with Crippen molar-refractivity contribution in [2.45, 2.75) is 25.3 Å². The number of piperidine rings is 1. The summed E-state index contributed by atoms with van der Waals surface area (Å²) in [5.74, 6) is 2.02. The molecule has 0 unspecified atom stereocenters. The van der Waals surface area contributed by atoms with Gasteiger partial charge < -0.3 is 19.9 Å². The van der Waals surface area contributed by atoms with Crippen LogP contribution < -0.4 is 10.2 Å². The number of aromatic nitrogens is 2. The Morgan fingerprint density at radius 3 is 2.54 bits per heavy atom. The molecule has 2 aliphatic rings. The fourth-order valence-electron chi connectivity index (χ4n) is 3.13. The number of hydrogen-bond acceptors (Lipinski definition) is 6. The van der Waals surface area contributed by atoms with Crippen molar-refractivity contribution in [3.8, 4) is 0 Å². The maximum absolute atomic E-state index is 6.46. The maximum atomic E-state index is 6.46. The van der Waals surface area contributed by atoms with Crippen molar-refractivity contribution in [3.63, 3.8) is 0 Å². The predicted octanol–water partition coefficient (Wildman–Crippen LogP) is 2.25. The van der Waals surface area contributed by atoms with Gasteiger partial charge in [0.25, 0.3) is 0 Å². The van der Waals surface area contributed by atoms with Crippen LogP contribution in [0.4, 0.5) is 11.8 Å².